The van der Waals surface area contributed by atoms with E-state index >= 15 is 0 Å². The van der Waals surface area contributed by atoms with Crippen LogP contribution >= 0.6 is 0 Å². The third kappa shape index (κ3) is 2.16. The number of hydrogen-bond donors (Lipinski definition) is 2. The number of carbonyl (C=O) groups excluding carboxylic acids is 2. The van der Waals surface area contributed by atoms with Crippen molar-refractivity contribution in [3.8, 4) is 0 Å². The van der Waals surface area contributed by atoms with Gasteiger partial charge in [-0.25, -0.2) is 4.99 Å². The number of rotatable bonds is 1. The van der Waals surface area contributed by atoms with Gasteiger partial charge < -0.3 is 10.6 Å². The molecule has 0 spiro atoms. The molecule has 0 bridgehead atoms. The highest BCUT2D eigenvalue weighted by Gasteiger charge is 2.31. The summed E-state index contributed by atoms with van der Waals surface area (Å²) in [6, 6.07) is 5.22. The van der Waals surface area contributed by atoms with Crippen LogP contribution in [0.2, 0.25) is 0 Å². The number of nitrogens with one attached hydrogen (secondary N) is 1. The quantitative estimate of drug-likeness (QED) is 0.568. The van der Waals surface area contributed by atoms with E-state index in [0.29, 0.717) is 25.1 Å². The maximum atomic E-state index is 11.8. The number of anilines is 1. The van der Waals surface area contributed by atoms with Crippen LogP contribution in [0.4, 0.5) is 11.4 Å². The molecule has 1 atom stereocenters. The third-order valence-corrected chi connectivity index (χ3v) is 3.42. The van der Waals surface area contributed by atoms with Gasteiger partial charge in [0.25, 0.3) is 0 Å². The number of aliphatic imine (C=N–C) groups is 1. The smallest absolute Gasteiger partial charge is 0.249 e. The fourth-order valence-electron chi connectivity index (χ4n) is 2.40. The van der Waals surface area contributed by atoms with E-state index in [1.54, 1.807) is 6.34 Å². The van der Waals surface area contributed by atoms with Crippen molar-refractivity contribution < 1.29 is 9.59 Å². The number of amides is 2. The number of piperidine rings is 1. The molecule has 2 aliphatic heterocycles. The first kappa shape index (κ1) is 11.7. The van der Waals surface area contributed by atoms with Gasteiger partial charge in [0.2, 0.25) is 11.8 Å². The van der Waals surface area contributed by atoms with Gasteiger partial charge in [-0.1, -0.05) is 6.07 Å². The van der Waals surface area contributed by atoms with E-state index in [0.717, 1.165) is 11.3 Å². The third-order valence-electron chi connectivity index (χ3n) is 3.42. The van der Waals surface area contributed by atoms with Crippen molar-refractivity contribution >= 4 is 29.5 Å². The SMILES string of the molecule is Nc1ccc2c(c1)N=CN(C1CCC(=O)NC1=O)C2. The summed E-state index contributed by atoms with van der Waals surface area (Å²) in [5.41, 5.74) is 8.24. The van der Waals surface area contributed by atoms with Crippen LogP contribution in [-0.4, -0.2) is 29.1 Å². The van der Waals surface area contributed by atoms with Gasteiger partial charge in [0.05, 0.1) is 12.0 Å². The lowest BCUT2D eigenvalue weighted by atomic mass is 10.0. The zero-order valence-corrected chi connectivity index (χ0v) is 10.3. The van der Waals surface area contributed by atoms with Crippen LogP contribution in [0.1, 0.15) is 18.4 Å². The van der Waals surface area contributed by atoms with Gasteiger partial charge in [0.1, 0.15) is 6.04 Å². The molecular weight excluding hydrogens is 244 g/mol. The molecule has 2 amide bonds. The van der Waals surface area contributed by atoms with E-state index in [-0.39, 0.29) is 17.9 Å². The van der Waals surface area contributed by atoms with Gasteiger partial charge in [-0.15, -0.1) is 0 Å². The molecule has 2 heterocycles. The molecular formula is C13H14N4O2. The molecule has 0 aromatic heterocycles. The second-order valence-electron chi connectivity index (χ2n) is 4.77. The van der Waals surface area contributed by atoms with Gasteiger partial charge in [-0.3, -0.25) is 14.9 Å². The molecule has 19 heavy (non-hydrogen) atoms. The van der Waals surface area contributed by atoms with Gasteiger partial charge in [0.15, 0.2) is 0 Å². The number of nitrogens with two attached hydrogens (primary N) is 1. The molecule has 1 fully saturated rings. The number of carbonyl (C=O) groups is 2. The van der Waals surface area contributed by atoms with Crippen molar-refractivity contribution in [1.82, 2.24) is 10.2 Å². The van der Waals surface area contributed by atoms with Gasteiger partial charge >= 0.3 is 0 Å². The first-order chi connectivity index (χ1) is 9.13. The van der Waals surface area contributed by atoms with Crippen molar-refractivity contribution in [2.24, 2.45) is 4.99 Å². The molecule has 3 N–H and O–H groups in total. The Morgan fingerprint density at radius 2 is 2.21 bits per heavy atom. The van der Waals surface area contributed by atoms with E-state index < -0.39 is 0 Å². The van der Waals surface area contributed by atoms with Crippen LogP contribution in [0.15, 0.2) is 23.2 Å². The van der Waals surface area contributed by atoms with E-state index in [4.69, 9.17) is 5.73 Å². The van der Waals surface area contributed by atoms with Gasteiger partial charge in [-0.2, -0.15) is 0 Å². The standard InChI is InChI=1S/C13H14N4O2/c14-9-2-1-8-6-17(7-15-10(8)5-9)11-3-4-12(18)16-13(11)19/h1-2,5,7,11H,3-4,6,14H2,(H,16,18,19). The Bertz CT molecular complexity index is 582. The summed E-state index contributed by atoms with van der Waals surface area (Å²) < 4.78 is 0. The van der Waals surface area contributed by atoms with Crippen molar-refractivity contribution in [3.63, 3.8) is 0 Å². The Hall–Kier alpha value is -2.37. The molecule has 1 aromatic rings. The molecule has 0 aliphatic carbocycles. The molecule has 6 nitrogen and oxygen atoms in total. The highest BCUT2D eigenvalue weighted by Crippen LogP contribution is 2.28. The number of nitrogen functional groups attached to an aromatic ring is 1. The minimum atomic E-state index is -0.327. The average Bonchev–Trinajstić information content (AvgIpc) is 2.38. The van der Waals surface area contributed by atoms with Crippen LogP contribution in [-0.2, 0) is 16.1 Å². The van der Waals surface area contributed by atoms with Crippen LogP contribution < -0.4 is 11.1 Å². The molecule has 1 saturated heterocycles. The zero-order chi connectivity index (χ0) is 13.4. The topological polar surface area (TPSA) is 87.8 Å². The fourth-order valence-corrected chi connectivity index (χ4v) is 2.40. The first-order valence-corrected chi connectivity index (χ1v) is 6.15. The number of benzene rings is 1. The Labute approximate surface area is 110 Å². The lowest BCUT2D eigenvalue weighted by molar-refractivity contribution is -0.136. The van der Waals surface area contributed by atoms with Crippen molar-refractivity contribution in [1.29, 1.82) is 0 Å². The normalized spacial score (nSPS) is 22.1. The second-order valence-corrected chi connectivity index (χ2v) is 4.77. The minimum Gasteiger partial charge on any atom is -0.399 e. The molecule has 3 rings (SSSR count). The molecule has 1 aromatic carbocycles. The number of nitrogens with zero attached hydrogens (tertiary/aromatic N) is 2. The van der Waals surface area contributed by atoms with Crippen molar-refractivity contribution in [2.45, 2.75) is 25.4 Å². The summed E-state index contributed by atoms with van der Waals surface area (Å²) in [6.07, 6.45) is 2.55. The Balaban J connectivity index is 1.81. The summed E-state index contributed by atoms with van der Waals surface area (Å²) in [5.74, 6) is -0.454. The van der Waals surface area contributed by atoms with Crippen molar-refractivity contribution in [3.05, 3.63) is 23.8 Å². The van der Waals surface area contributed by atoms with Crippen LogP contribution in [0.3, 0.4) is 0 Å². The summed E-state index contributed by atoms with van der Waals surface area (Å²) >= 11 is 0. The van der Waals surface area contributed by atoms with Gasteiger partial charge in [-0.05, 0) is 24.1 Å². The monoisotopic (exact) mass is 258 g/mol. The molecule has 0 saturated carbocycles. The number of hydrogen-bond acceptors (Lipinski definition) is 5. The summed E-state index contributed by atoms with van der Waals surface area (Å²) in [4.78, 5) is 29.1. The maximum absolute atomic E-state index is 11.8. The van der Waals surface area contributed by atoms with E-state index in [1.807, 2.05) is 23.1 Å². The Morgan fingerprint density at radius 3 is 3.00 bits per heavy atom. The largest absolute Gasteiger partial charge is 0.399 e. The molecule has 6 heteroatoms. The molecule has 0 radical (unpaired) electrons. The Kier molecular flexibility index (Phi) is 2.70. The average molecular weight is 258 g/mol. The van der Waals surface area contributed by atoms with Crippen LogP contribution in [0, 0.1) is 0 Å². The van der Waals surface area contributed by atoms with E-state index in [1.165, 1.54) is 0 Å². The predicted molar refractivity (Wildman–Crippen MR) is 70.7 cm³/mol. The highest BCUT2D eigenvalue weighted by molar-refractivity contribution is 6.01. The second kappa shape index (κ2) is 4.38. The van der Waals surface area contributed by atoms with Crippen LogP contribution in [0.25, 0.3) is 0 Å². The number of imide groups is 1. The molecule has 1 unspecified atom stereocenters. The highest BCUT2D eigenvalue weighted by atomic mass is 16.2. The maximum Gasteiger partial charge on any atom is 0.249 e. The summed E-state index contributed by atoms with van der Waals surface area (Å²) in [7, 11) is 0. The zero-order valence-electron chi connectivity index (χ0n) is 10.3. The lowest BCUT2D eigenvalue weighted by Gasteiger charge is -2.33. The fraction of sp³-hybridized carbons (Fsp3) is 0.308. The van der Waals surface area contributed by atoms with E-state index in [2.05, 4.69) is 10.3 Å². The number of fused-ring (bicyclic) bond motifs is 1. The van der Waals surface area contributed by atoms with Gasteiger partial charge in [0, 0.05) is 18.7 Å². The predicted octanol–water partition coefficient (Wildman–Crippen LogP) is 0.549. The Morgan fingerprint density at radius 1 is 1.37 bits per heavy atom. The summed E-state index contributed by atoms with van der Waals surface area (Å²) in [5, 5.41) is 2.36. The molecule has 2 aliphatic rings. The molecule has 98 valence electrons. The first-order valence-electron chi connectivity index (χ1n) is 6.15. The van der Waals surface area contributed by atoms with E-state index in [9.17, 15) is 9.59 Å². The lowest BCUT2D eigenvalue weighted by Crippen LogP contribution is -2.52. The van der Waals surface area contributed by atoms with Crippen LogP contribution in [0.5, 0.6) is 0 Å². The van der Waals surface area contributed by atoms with Crippen molar-refractivity contribution in [2.75, 3.05) is 5.73 Å². The summed E-state index contributed by atoms with van der Waals surface area (Å²) in [6.45, 7) is 0.603. The minimum absolute atomic E-state index is 0.205.